The number of epoxide rings is 1. The lowest BCUT2D eigenvalue weighted by atomic mass is 10.2. The summed E-state index contributed by atoms with van der Waals surface area (Å²) >= 11 is 0. The number of ether oxygens (including phenoxy) is 2. The summed E-state index contributed by atoms with van der Waals surface area (Å²) in [4.78, 5) is 0. The van der Waals surface area contributed by atoms with Crippen LogP contribution in [0.15, 0.2) is 35.3 Å². The molecule has 1 saturated heterocycles. The van der Waals surface area contributed by atoms with Crippen molar-refractivity contribution in [1.29, 1.82) is 0 Å². The van der Waals surface area contributed by atoms with E-state index in [1.807, 2.05) is 13.0 Å². The quantitative estimate of drug-likeness (QED) is 0.699. The van der Waals surface area contributed by atoms with Crippen molar-refractivity contribution in [3.05, 3.63) is 35.3 Å². The number of rotatable bonds is 3. The lowest BCUT2D eigenvalue weighted by molar-refractivity contribution is 0.178. The molecule has 0 saturated carbocycles. The minimum absolute atomic E-state index is 0.279. The summed E-state index contributed by atoms with van der Waals surface area (Å²) in [6.45, 7) is 3.40. The van der Waals surface area contributed by atoms with E-state index in [1.54, 1.807) is 12.2 Å². The molecule has 1 fully saturated rings. The van der Waals surface area contributed by atoms with Gasteiger partial charge in [0.2, 0.25) is 0 Å². The van der Waals surface area contributed by atoms with E-state index in [0.717, 1.165) is 24.4 Å². The molecule has 1 aliphatic carbocycles. The predicted molar refractivity (Wildman–Crippen MR) is 52.9 cm³/mol. The van der Waals surface area contributed by atoms with Gasteiger partial charge in [-0.05, 0) is 25.2 Å². The molecule has 0 aromatic heterocycles. The zero-order valence-corrected chi connectivity index (χ0v) is 8.19. The Balaban J connectivity index is 1.93. The molecular formula is C11H14O3. The molecule has 1 aliphatic heterocycles. The van der Waals surface area contributed by atoms with Crippen molar-refractivity contribution < 1.29 is 14.6 Å². The van der Waals surface area contributed by atoms with E-state index in [-0.39, 0.29) is 11.9 Å². The summed E-state index contributed by atoms with van der Waals surface area (Å²) in [7, 11) is 0. The van der Waals surface area contributed by atoms with Gasteiger partial charge in [-0.15, -0.1) is 0 Å². The Morgan fingerprint density at radius 1 is 1.57 bits per heavy atom. The molecule has 76 valence electrons. The van der Waals surface area contributed by atoms with Gasteiger partial charge in [0.15, 0.2) is 0 Å². The number of allylic oxidation sites excluding steroid dienone is 4. The van der Waals surface area contributed by atoms with Crippen molar-refractivity contribution in [3.63, 3.8) is 0 Å². The van der Waals surface area contributed by atoms with Crippen LogP contribution in [-0.2, 0) is 9.47 Å². The molecule has 2 aliphatic rings. The van der Waals surface area contributed by atoms with Gasteiger partial charge in [-0.3, -0.25) is 0 Å². The van der Waals surface area contributed by atoms with Crippen molar-refractivity contribution in [2.45, 2.75) is 19.4 Å². The molecule has 0 aromatic carbocycles. The molecular weight excluding hydrogens is 180 g/mol. The van der Waals surface area contributed by atoms with Crippen LogP contribution in [0.2, 0.25) is 0 Å². The Morgan fingerprint density at radius 3 is 3.07 bits per heavy atom. The third-order valence-corrected chi connectivity index (χ3v) is 2.14. The van der Waals surface area contributed by atoms with Crippen molar-refractivity contribution in [1.82, 2.24) is 0 Å². The van der Waals surface area contributed by atoms with Crippen LogP contribution in [0, 0.1) is 0 Å². The third-order valence-electron chi connectivity index (χ3n) is 2.14. The average molecular weight is 194 g/mol. The second-order valence-electron chi connectivity index (χ2n) is 3.66. The minimum Gasteiger partial charge on any atom is -0.508 e. The fourth-order valence-corrected chi connectivity index (χ4v) is 1.33. The highest BCUT2D eigenvalue weighted by molar-refractivity contribution is 5.28. The van der Waals surface area contributed by atoms with Gasteiger partial charge < -0.3 is 14.6 Å². The van der Waals surface area contributed by atoms with Crippen molar-refractivity contribution in [2.24, 2.45) is 0 Å². The predicted octanol–water partition coefficient (Wildman–Crippen LogP) is 2.08. The van der Waals surface area contributed by atoms with Gasteiger partial charge in [-0.1, -0.05) is 5.57 Å². The molecule has 3 heteroatoms. The zero-order valence-electron chi connectivity index (χ0n) is 8.19. The van der Waals surface area contributed by atoms with Crippen LogP contribution >= 0.6 is 0 Å². The van der Waals surface area contributed by atoms with Crippen LogP contribution in [0.4, 0.5) is 0 Å². The summed E-state index contributed by atoms with van der Waals surface area (Å²) in [5.74, 6) is 1.17. The van der Waals surface area contributed by atoms with Gasteiger partial charge in [0, 0.05) is 6.42 Å². The van der Waals surface area contributed by atoms with Gasteiger partial charge in [0.1, 0.15) is 24.2 Å². The smallest absolute Gasteiger partial charge is 0.116 e. The third kappa shape index (κ3) is 2.64. The summed E-state index contributed by atoms with van der Waals surface area (Å²) in [6, 6.07) is 0. The van der Waals surface area contributed by atoms with Crippen LogP contribution in [-0.4, -0.2) is 24.4 Å². The highest BCUT2D eigenvalue weighted by Crippen LogP contribution is 2.19. The second kappa shape index (κ2) is 3.88. The Bertz CT molecular complexity index is 308. The number of aliphatic hydroxyl groups is 1. The van der Waals surface area contributed by atoms with Crippen molar-refractivity contribution >= 4 is 0 Å². The molecule has 0 radical (unpaired) electrons. The summed E-state index contributed by atoms with van der Waals surface area (Å²) in [5.41, 5.74) is 1.10. The van der Waals surface area contributed by atoms with E-state index in [4.69, 9.17) is 9.47 Å². The first-order chi connectivity index (χ1) is 6.74. The van der Waals surface area contributed by atoms with Crippen LogP contribution < -0.4 is 0 Å². The van der Waals surface area contributed by atoms with E-state index >= 15 is 0 Å². The van der Waals surface area contributed by atoms with E-state index in [1.165, 1.54) is 0 Å². The second-order valence-corrected chi connectivity index (χ2v) is 3.66. The first-order valence-corrected chi connectivity index (χ1v) is 4.75. The Morgan fingerprint density at radius 2 is 2.36 bits per heavy atom. The summed E-state index contributed by atoms with van der Waals surface area (Å²) in [5, 5.41) is 9.33. The molecule has 1 atom stereocenters. The Hall–Kier alpha value is -1.22. The van der Waals surface area contributed by atoms with Crippen LogP contribution in [0.25, 0.3) is 0 Å². The van der Waals surface area contributed by atoms with Crippen LogP contribution in [0.1, 0.15) is 13.3 Å². The highest BCUT2D eigenvalue weighted by Gasteiger charge is 2.23. The first-order valence-electron chi connectivity index (χ1n) is 4.75. The Kier molecular flexibility index (Phi) is 2.59. The van der Waals surface area contributed by atoms with Crippen molar-refractivity contribution in [3.8, 4) is 0 Å². The van der Waals surface area contributed by atoms with E-state index in [9.17, 15) is 5.11 Å². The lowest BCUT2D eigenvalue weighted by Crippen LogP contribution is -2.01. The van der Waals surface area contributed by atoms with Gasteiger partial charge in [0.25, 0.3) is 0 Å². The number of hydrogen-bond acceptors (Lipinski definition) is 3. The summed E-state index contributed by atoms with van der Waals surface area (Å²) in [6.07, 6.45) is 6.25. The lowest BCUT2D eigenvalue weighted by Gasteiger charge is -2.07. The number of hydrogen-bond donors (Lipinski definition) is 1. The molecule has 1 unspecified atom stereocenters. The highest BCUT2D eigenvalue weighted by atomic mass is 16.6. The maximum absolute atomic E-state index is 9.33. The molecule has 0 aromatic rings. The minimum atomic E-state index is 0.279. The Labute approximate surface area is 83.3 Å². The normalized spacial score (nSPS) is 25.8. The molecule has 3 nitrogen and oxygen atoms in total. The molecule has 0 bridgehead atoms. The van der Waals surface area contributed by atoms with E-state index < -0.39 is 0 Å². The fraction of sp³-hybridized carbons (Fsp3) is 0.455. The molecule has 1 heterocycles. The molecule has 2 rings (SSSR count). The van der Waals surface area contributed by atoms with Gasteiger partial charge in [-0.25, -0.2) is 0 Å². The monoisotopic (exact) mass is 194 g/mol. The van der Waals surface area contributed by atoms with E-state index in [2.05, 4.69) is 0 Å². The molecule has 14 heavy (non-hydrogen) atoms. The maximum atomic E-state index is 9.33. The van der Waals surface area contributed by atoms with Crippen LogP contribution in [0.5, 0.6) is 0 Å². The first kappa shape index (κ1) is 9.34. The maximum Gasteiger partial charge on any atom is 0.116 e. The standard InChI is InChI=1S/C11H14O3/c1-8-4-9(12)2-3-10(5-8)13-6-11-7-14-11/h2-4,11-12H,5-7H2,1H3. The van der Waals surface area contributed by atoms with E-state index in [0.29, 0.717) is 6.61 Å². The topological polar surface area (TPSA) is 42.0 Å². The van der Waals surface area contributed by atoms with Gasteiger partial charge >= 0.3 is 0 Å². The van der Waals surface area contributed by atoms with Gasteiger partial charge in [-0.2, -0.15) is 0 Å². The average Bonchev–Trinajstić information content (AvgIpc) is 2.91. The number of aliphatic hydroxyl groups excluding tert-OH is 1. The summed E-state index contributed by atoms with van der Waals surface area (Å²) < 4.78 is 10.6. The zero-order chi connectivity index (χ0) is 9.97. The fourth-order valence-electron chi connectivity index (χ4n) is 1.33. The largest absolute Gasteiger partial charge is 0.508 e. The molecule has 0 spiro atoms. The van der Waals surface area contributed by atoms with Gasteiger partial charge in [0.05, 0.1) is 6.61 Å². The van der Waals surface area contributed by atoms with Crippen LogP contribution in [0.3, 0.4) is 0 Å². The SMILES string of the molecule is CC1=CC(O)=CC=C(OCC2CO2)C1. The molecule has 0 amide bonds. The van der Waals surface area contributed by atoms with Crippen molar-refractivity contribution in [2.75, 3.05) is 13.2 Å². The molecule has 1 N–H and O–H groups in total.